The smallest absolute Gasteiger partial charge is 0.121 e. The molecule has 1 saturated carbocycles. The van der Waals surface area contributed by atoms with Crippen molar-refractivity contribution < 1.29 is 4.74 Å². The lowest BCUT2D eigenvalue weighted by Gasteiger charge is -2.14. The van der Waals surface area contributed by atoms with E-state index in [1.807, 2.05) is 12.3 Å². The largest absolute Gasteiger partial charge is 0.497 e. The van der Waals surface area contributed by atoms with Crippen molar-refractivity contribution in [2.45, 2.75) is 31.6 Å². The number of anilines is 1. The molecule has 18 heavy (non-hydrogen) atoms. The zero-order valence-corrected chi connectivity index (χ0v) is 10.6. The van der Waals surface area contributed by atoms with Gasteiger partial charge in [-0.05, 0) is 36.5 Å². The van der Waals surface area contributed by atoms with E-state index in [9.17, 15) is 0 Å². The van der Waals surface area contributed by atoms with Gasteiger partial charge in [0, 0.05) is 17.6 Å². The van der Waals surface area contributed by atoms with Gasteiger partial charge in [0.25, 0.3) is 0 Å². The highest BCUT2D eigenvalue weighted by Crippen LogP contribution is 2.39. The zero-order valence-electron chi connectivity index (χ0n) is 10.6. The second-order valence-electron chi connectivity index (χ2n) is 4.99. The van der Waals surface area contributed by atoms with Gasteiger partial charge in [-0.1, -0.05) is 12.8 Å². The first-order chi connectivity index (χ1) is 8.79. The second kappa shape index (κ2) is 4.48. The number of nitrogens with zero attached hydrogens (tertiary/aromatic N) is 1. The van der Waals surface area contributed by atoms with Crippen LogP contribution in [0.1, 0.15) is 37.2 Å². The van der Waals surface area contributed by atoms with E-state index in [0.717, 1.165) is 16.7 Å². The number of nitrogens with two attached hydrogens (primary N) is 1. The summed E-state index contributed by atoms with van der Waals surface area (Å²) in [7, 11) is 1.67. The third-order valence-corrected chi connectivity index (χ3v) is 3.91. The molecule has 0 aliphatic heterocycles. The monoisotopic (exact) mass is 242 g/mol. The SMILES string of the molecule is COc1cc(N)c2nccc(C3CCCC3)c2c1. The van der Waals surface area contributed by atoms with Gasteiger partial charge in [-0.25, -0.2) is 0 Å². The minimum atomic E-state index is 0.655. The summed E-state index contributed by atoms with van der Waals surface area (Å²) in [6.07, 6.45) is 7.08. The van der Waals surface area contributed by atoms with E-state index < -0.39 is 0 Å². The first-order valence-electron chi connectivity index (χ1n) is 6.51. The van der Waals surface area contributed by atoms with Crippen molar-refractivity contribution in [3.63, 3.8) is 0 Å². The number of ether oxygens (including phenoxy) is 1. The summed E-state index contributed by atoms with van der Waals surface area (Å²) in [5.74, 6) is 1.47. The van der Waals surface area contributed by atoms with E-state index in [1.165, 1.54) is 31.2 Å². The molecule has 3 rings (SSSR count). The third kappa shape index (κ3) is 1.80. The molecule has 94 valence electrons. The maximum Gasteiger partial charge on any atom is 0.121 e. The molecule has 0 atom stereocenters. The molecule has 0 radical (unpaired) electrons. The van der Waals surface area contributed by atoms with E-state index in [4.69, 9.17) is 10.5 Å². The summed E-state index contributed by atoms with van der Waals surface area (Å²) in [6, 6.07) is 6.04. The number of aromatic nitrogens is 1. The van der Waals surface area contributed by atoms with Gasteiger partial charge in [0.05, 0.1) is 18.3 Å². The van der Waals surface area contributed by atoms with E-state index in [1.54, 1.807) is 7.11 Å². The fourth-order valence-electron chi connectivity index (χ4n) is 2.99. The van der Waals surface area contributed by atoms with Crippen LogP contribution in [0.3, 0.4) is 0 Å². The van der Waals surface area contributed by atoms with Gasteiger partial charge in [0.1, 0.15) is 5.75 Å². The van der Waals surface area contributed by atoms with Crippen molar-refractivity contribution in [1.29, 1.82) is 0 Å². The Morgan fingerprint density at radius 2 is 2.06 bits per heavy atom. The van der Waals surface area contributed by atoms with Crippen molar-refractivity contribution in [1.82, 2.24) is 4.98 Å². The molecule has 1 aromatic carbocycles. The van der Waals surface area contributed by atoms with E-state index >= 15 is 0 Å². The summed E-state index contributed by atoms with van der Waals surface area (Å²) in [5.41, 5.74) is 9.04. The first-order valence-corrected chi connectivity index (χ1v) is 6.51. The lowest BCUT2D eigenvalue weighted by molar-refractivity contribution is 0.415. The molecule has 1 aliphatic carbocycles. The summed E-state index contributed by atoms with van der Waals surface area (Å²) >= 11 is 0. The van der Waals surface area contributed by atoms with Crippen molar-refractivity contribution >= 4 is 16.6 Å². The van der Waals surface area contributed by atoms with Crippen LogP contribution in [0.5, 0.6) is 5.75 Å². The van der Waals surface area contributed by atoms with Crippen molar-refractivity contribution in [3.05, 3.63) is 30.0 Å². The molecule has 3 nitrogen and oxygen atoms in total. The van der Waals surface area contributed by atoms with Gasteiger partial charge in [0.15, 0.2) is 0 Å². The highest BCUT2D eigenvalue weighted by Gasteiger charge is 2.20. The molecular weight excluding hydrogens is 224 g/mol. The zero-order chi connectivity index (χ0) is 12.5. The van der Waals surface area contributed by atoms with Crippen LogP contribution in [0.2, 0.25) is 0 Å². The number of fused-ring (bicyclic) bond motifs is 1. The van der Waals surface area contributed by atoms with Crippen molar-refractivity contribution in [2.24, 2.45) is 0 Å². The Balaban J connectivity index is 2.21. The van der Waals surface area contributed by atoms with Crippen LogP contribution in [0, 0.1) is 0 Å². The Morgan fingerprint density at radius 1 is 1.28 bits per heavy atom. The molecule has 2 N–H and O–H groups in total. The van der Waals surface area contributed by atoms with Gasteiger partial charge >= 0.3 is 0 Å². The van der Waals surface area contributed by atoms with Crippen LogP contribution in [0.15, 0.2) is 24.4 Å². The molecular formula is C15H18N2O. The molecule has 1 heterocycles. The molecule has 3 heteroatoms. The summed E-state index contributed by atoms with van der Waals surface area (Å²) in [6.45, 7) is 0. The number of hydrogen-bond donors (Lipinski definition) is 1. The summed E-state index contributed by atoms with van der Waals surface area (Å²) in [4.78, 5) is 4.41. The average Bonchev–Trinajstić information content (AvgIpc) is 2.91. The molecule has 0 spiro atoms. The van der Waals surface area contributed by atoms with Crippen LogP contribution >= 0.6 is 0 Å². The maximum absolute atomic E-state index is 6.06. The van der Waals surface area contributed by atoms with Crippen LogP contribution in [0.25, 0.3) is 10.9 Å². The Bertz CT molecular complexity index is 574. The summed E-state index contributed by atoms with van der Waals surface area (Å²) < 4.78 is 5.31. The quantitative estimate of drug-likeness (QED) is 0.820. The number of methoxy groups -OCH3 is 1. The van der Waals surface area contributed by atoms with E-state index in [-0.39, 0.29) is 0 Å². The van der Waals surface area contributed by atoms with E-state index in [0.29, 0.717) is 11.6 Å². The highest BCUT2D eigenvalue weighted by atomic mass is 16.5. The lowest BCUT2D eigenvalue weighted by Crippen LogP contribution is -1.98. The van der Waals surface area contributed by atoms with Crippen molar-refractivity contribution in [3.8, 4) is 5.75 Å². The van der Waals surface area contributed by atoms with Crippen LogP contribution in [-0.2, 0) is 0 Å². The molecule has 1 aliphatic rings. The molecule has 2 aromatic rings. The first kappa shape index (κ1) is 11.3. The fraction of sp³-hybridized carbons (Fsp3) is 0.400. The predicted octanol–water partition coefficient (Wildman–Crippen LogP) is 3.48. The van der Waals surface area contributed by atoms with Crippen LogP contribution < -0.4 is 10.5 Å². The average molecular weight is 242 g/mol. The second-order valence-corrected chi connectivity index (χ2v) is 4.99. The molecule has 0 bridgehead atoms. The Labute approximate surface area is 107 Å². The Hall–Kier alpha value is -1.77. The number of hydrogen-bond acceptors (Lipinski definition) is 3. The standard InChI is InChI=1S/C15H18N2O/c1-18-11-8-13-12(10-4-2-3-5-10)6-7-17-15(13)14(16)9-11/h6-10H,2-5,16H2,1H3. The van der Waals surface area contributed by atoms with Gasteiger partial charge in [-0.3, -0.25) is 4.98 Å². The Kier molecular flexibility index (Phi) is 2.82. The maximum atomic E-state index is 6.06. The summed E-state index contributed by atoms with van der Waals surface area (Å²) in [5, 5.41) is 1.15. The van der Waals surface area contributed by atoms with Crippen molar-refractivity contribution in [2.75, 3.05) is 12.8 Å². The minimum Gasteiger partial charge on any atom is -0.497 e. The molecule has 0 unspecified atom stereocenters. The Morgan fingerprint density at radius 3 is 2.78 bits per heavy atom. The fourth-order valence-corrected chi connectivity index (χ4v) is 2.99. The van der Waals surface area contributed by atoms with Gasteiger partial charge in [-0.15, -0.1) is 0 Å². The molecule has 0 saturated heterocycles. The van der Waals surface area contributed by atoms with E-state index in [2.05, 4.69) is 17.1 Å². The number of benzene rings is 1. The van der Waals surface area contributed by atoms with Crippen LogP contribution in [-0.4, -0.2) is 12.1 Å². The number of pyridine rings is 1. The predicted molar refractivity (Wildman–Crippen MR) is 73.9 cm³/mol. The highest BCUT2D eigenvalue weighted by molar-refractivity contribution is 5.93. The van der Waals surface area contributed by atoms with Crippen LogP contribution in [0.4, 0.5) is 5.69 Å². The number of nitrogen functional groups attached to an aromatic ring is 1. The normalized spacial score (nSPS) is 16.3. The topological polar surface area (TPSA) is 48.1 Å². The number of rotatable bonds is 2. The molecule has 1 aromatic heterocycles. The minimum absolute atomic E-state index is 0.655. The third-order valence-electron chi connectivity index (χ3n) is 3.91. The molecule has 1 fully saturated rings. The lowest BCUT2D eigenvalue weighted by atomic mass is 9.94. The van der Waals surface area contributed by atoms with Gasteiger partial charge < -0.3 is 10.5 Å². The van der Waals surface area contributed by atoms with Gasteiger partial charge in [-0.2, -0.15) is 0 Å². The van der Waals surface area contributed by atoms with Gasteiger partial charge in [0.2, 0.25) is 0 Å². The molecule has 0 amide bonds.